The van der Waals surface area contributed by atoms with Gasteiger partial charge in [0.1, 0.15) is 16.1 Å². The number of nitrogens with two attached hydrogens (primary N) is 1. The number of benzene rings is 2. The van der Waals surface area contributed by atoms with Crippen LogP contribution in [0.2, 0.25) is 0 Å². The molecular formula is C30H31FN6O10S3. The van der Waals surface area contributed by atoms with E-state index < -0.39 is 36.9 Å². The average Bonchev–Trinajstić information content (AvgIpc) is 3.68. The van der Waals surface area contributed by atoms with E-state index in [1.54, 1.807) is 19.9 Å². The van der Waals surface area contributed by atoms with Crippen molar-refractivity contribution < 1.29 is 41.2 Å². The first-order valence-corrected chi connectivity index (χ1v) is 17.6. The molecule has 266 valence electrons. The Labute approximate surface area is 293 Å². The van der Waals surface area contributed by atoms with Crippen molar-refractivity contribution in [2.24, 2.45) is 10.2 Å². The zero-order valence-corrected chi connectivity index (χ0v) is 29.7. The average molecular weight is 751 g/mol. The molecule has 2 N–H and O–H groups in total. The summed E-state index contributed by atoms with van der Waals surface area (Å²) in [5, 5.41) is 29.6. The van der Waals surface area contributed by atoms with Crippen molar-refractivity contribution in [2.75, 3.05) is 30.4 Å². The van der Waals surface area contributed by atoms with Gasteiger partial charge in [-0.3, -0.25) is 20.2 Å². The van der Waals surface area contributed by atoms with Crippen molar-refractivity contribution >= 4 is 81.9 Å². The topological polar surface area (TPSA) is 227 Å². The number of azo groups is 1. The summed E-state index contributed by atoms with van der Waals surface area (Å²) in [5.41, 5.74) is 9.09. The van der Waals surface area contributed by atoms with Gasteiger partial charge < -0.3 is 20.1 Å². The lowest BCUT2D eigenvalue weighted by Crippen LogP contribution is -2.17. The number of carbonyl (C=O) groups excluding carboxylic acids is 2. The van der Waals surface area contributed by atoms with Gasteiger partial charge in [0.2, 0.25) is 0 Å². The van der Waals surface area contributed by atoms with Gasteiger partial charge in [0, 0.05) is 30.1 Å². The van der Waals surface area contributed by atoms with Gasteiger partial charge in [-0.1, -0.05) is 0 Å². The first-order valence-electron chi connectivity index (χ1n) is 14.5. The Hall–Kier alpha value is -5.34. The van der Waals surface area contributed by atoms with Gasteiger partial charge in [-0.05, 0) is 105 Å². The molecule has 50 heavy (non-hydrogen) atoms. The van der Waals surface area contributed by atoms with E-state index >= 15 is 0 Å². The first kappa shape index (κ1) is 39.1. The highest BCUT2D eigenvalue weighted by Crippen LogP contribution is 2.39. The standard InChI is InChI=1S/C23H23FN4O6S2.C7H8N2O4S/c1-5-27(16-7-9-17(10-8-16)36(24,32)33)20-12-11-19(14(3)15(20)4)25-26-22-18(23(29)34-6-2)13-21(35-22)28(30)31;1-2-13-7(10)4-3-5(9(11)12)14-6(4)8/h7-13H,5-6H2,1-4H3;3H,2,8H2,1H3. The molecule has 0 radical (unpaired) electrons. The molecule has 0 atom stereocenters. The van der Waals surface area contributed by atoms with Gasteiger partial charge in [0.15, 0.2) is 5.00 Å². The highest BCUT2D eigenvalue weighted by molar-refractivity contribution is 7.86. The number of nitrogens with zero attached hydrogens (tertiary/aromatic N) is 5. The Morgan fingerprint density at radius 2 is 1.40 bits per heavy atom. The molecule has 2 aromatic carbocycles. The molecule has 0 aliphatic carbocycles. The van der Waals surface area contributed by atoms with Crippen LogP contribution in [0.3, 0.4) is 0 Å². The fourth-order valence-corrected chi connectivity index (χ4v) is 6.28. The zero-order valence-electron chi connectivity index (χ0n) is 27.2. The van der Waals surface area contributed by atoms with Crippen LogP contribution in [0, 0.1) is 34.1 Å². The largest absolute Gasteiger partial charge is 0.462 e. The summed E-state index contributed by atoms with van der Waals surface area (Å²) in [6, 6.07) is 11.2. The number of hydrogen-bond donors (Lipinski definition) is 1. The normalized spacial score (nSPS) is 11.1. The monoisotopic (exact) mass is 750 g/mol. The number of esters is 2. The summed E-state index contributed by atoms with van der Waals surface area (Å²) in [6.45, 7) is 9.78. The van der Waals surface area contributed by atoms with Gasteiger partial charge in [-0.2, -0.15) is 8.42 Å². The number of ether oxygens (including phenoxy) is 2. The number of hydrogen-bond acceptors (Lipinski definition) is 16. The molecule has 0 aliphatic heterocycles. The van der Waals surface area contributed by atoms with Crippen LogP contribution in [-0.2, 0) is 19.7 Å². The summed E-state index contributed by atoms with van der Waals surface area (Å²) in [5.74, 6) is -1.35. The molecule has 2 aromatic heterocycles. The lowest BCUT2D eigenvalue weighted by Gasteiger charge is -2.26. The summed E-state index contributed by atoms with van der Waals surface area (Å²) >= 11 is 1.48. The van der Waals surface area contributed by atoms with Crippen molar-refractivity contribution in [1.29, 1.82) is 0 Å². The molecule has 0 amide bonds. The third kappa shape index (κ3) is 9.42. The molecule has 0 spiro atoms. The summed E-state index contributed by atoms with van der Waals surface area (Å²) in [7, 11) is -4.79. The van der Waals surface area contributed by atoms with Crippen LogP contribution >= 0.6 is 22.7 Å². The predicted octanol–water partition coefficient (Wildman–Crippen LogP) is 8.10. The maximum atomic E-state index is 13.2. The van der Waals surface area contributed by atoms with Gasteiger partial charge >= 0.3 is 32.2 Å². The van der Waals surface area contributed by atoms with Crippen LogP contribution in [0.1, 0.15) is 52.6 Å². The van der Waals surface area contributed by atoms with E-state index in [1.807, 2.05) is 31.7 Å². The Balaban J connectivity index is 0.000000403. The lowest BCUT2D eigenvalue weighted by atomic mass is 10.0. The molecule has 16 nitrogen and oxygen atoms in total. The number of nitrogen functional groups attached to an aromatic ring is 1. The van der Waals surface area contributed by atoms with Crippen LogP contribution in [-0.4, -0.2) is 50.0 Å². The molecule has 0 saturated heterocycles. The maximum absolute atomic E-state index is 13.2. The van der Waals surface area contributed by atoms with Crippen LogP contribution in [0.25, 0.3) is 0 Å². The molecule has 0 fully saturated rings. The molecule has 0 bridgehead atoms. The number of rotatable bonds is 12. The van der Waals surface area contributed by atoms with E-state index in [4.69, 9.17) is 10.5 Å². The predicted molar refractivity (Wildman–Crippen MR) is 186 cm³/mol. The summed E-state index contributed by atoms with van der Waals surface area (Å²) in [6.07, 6.45) is 0. The van der Waals surface area contributed by atoms with Crippen molar-refractivity contribution in [2.45, 2.75) is 39.5 Å². The molecule has 20 heteroatoms. The number of nitro groups is 2. The number of anilines is 3. The van der Waals surface area contributed by atoms with Crippen LogP contribution in [0.15, 0.2) is 63.7 Å². The quantitative estimate of drug-likeness (QED) is 0.0476. The molecule has 4 aromatic rings. The summed E-state index contributed by atoms with van der Waals surface area (Å²) in [4.78, 5) is 45.2. The second-order valence-corrected chi connectivity index (χ2v) is 13.3. The second kappa shape index (κ2) is 16.9. The minimum Gasteiger partial charge on any atom is -0.462 e. The van der Waals surface area contributed by atoms with Gasteiger partial charge in [-0.25, -0.2) is 9.59 Å². The van der Waals surface area contributed by atoms with Crippen molar-refractivity contribution in [3.05, 3.63) is 91.0 Å². The lowest BCUT2D eigenvalue weighted by molar-refractivity contribution is -0.380. The van der Waals surface area contributed by atoms with E-state index in [0.29, 0.717) is 17.9 Å². The van der Waals surface area contributed by atoms with Crippen molar-refractivity contribution in [1.82, 2.24) is 0 Å². The fourth-order valence-electron chi connectivity index (χ4n) is 4.31. The third-order valence-electron chi connectivity index (χ3n) is 6.81. The van der Waals surface area contributed by atoms with Crippen molar-refractivity contribution in [3.8, 4) is 0 Å². The van der Waals surface area contributed by atoms with E-state index in [1.165, 1.54) is 24.3 Å². The highest BCUT2D eigenvalue weighted by Gasteiger charge is 2.24. The van der Waals surface area contributed by atoms with Crippen molar-refractivity contribution in [3.63, 3.8) is 0 Å². The molecule has 4 rings (SSSR count). The zero-order chi connectivity index (χ0) is 37.3. The Kier molecular flexibility index (Phi) is 13.2. The number of thiophene rings is 2. The summed E-state index contributed by atoms with van der Waals surface area (Å²) < 4.78 is 45.1. The van der Waals surface area contributed by atoms with Gasteiger partial charge in [-0.15, -0.1) is 14.1 Å². The maximum Gasteiger partial charge on any atom is 0.341 e. The molecule has 0 unspecified atom stereocenters. The Morgan fingerprint density at radius 3 is 1.90 bits per heavy atom. The minimum absolute atomic E-state index is 0.0285. The van der Waals surface area contributed by atoms with E-state index in [2.05, 4.69) is 15.0 Å². The Bertz CT molecular complexity index is 2050. The van der Waals surface area contributed by atoms with Crippen LogP contribution < -0.4 is 10.6 Å². The van der Waals surface area contributed by atoms with Gasteiger partial charge in [0.25, 0.3) is 0 Å². The van der Waals surface area contributed by atoms with E-state index in [-0.39, 0.29) is 44.3 Å². The fraction of sp³-hybridized carbons (Fsp3) is 0.267. The molecule has 0 aliphatic rings. The van der Waals surface area contributed by atoms with Crippen LogP contribution in [0.4, 0.5) is 41.0 Å². The van der Waals surface area contributed by atoms with Gasteiger partial charge in [0.05, 0.1) is 33.6 Å². The third-order valence-corrected chi connectivity index (χ3v) is 9.54. The smallest absolute Gasteiger partial charge is 0.341 e. The minimum atomic E-state index is -4.79. The van der Waals surface area contributed by atoms with E-state index in [9.17, 15) is 42.1 Å². The Morgan fingerprint density at radius 1 is 0.860 bits per heavy atom. The molecule has 0 saturated carbocycles. The first-order chi connectivity index (χ1) is 23.5. The second-order valence-electron chi connectivity index (χ2n) is 9.85. The molecular weight excluding hydrogens is 720 g/mol. The number of halogens is 1. The van der Waals surface area contributed by atoms with Crippen LogP contribution in [0.5, 0.6) is 0 Å². The molecule has 2 heterocycles. The van der Waals surface area contributed by atoms with E-state index in [0.717, 1.165) is 51.6 Å². The number of carbonyl (C=O) groups is 2. The highest BCUT2D eigenvalue weighted by atomic mass is 32.3. The SMILES string of the molecule is CCOC(=O)c1cc([N+](=O)[O-])sc1N.CCOC(=O)c1cc([N+](=O)[O-])sc1N=Nc1ccc(N(CC)c2ccc(S(=O)(=O)F)cc2)c(C)c1C.